The lowest BCUT2D eigenvalue weighted by molar-refractivity contribution is 0.225. The maximum Gasteiger partial charge on any atom is 0.244 e. The highest BCUT2D eigenvalue weighted by molar-refractivity contribution is 7.89. The number of sulfonamides is 1. The Morgan fingerprint density at radius 3 is 2.48 bits per heavy atom. The van der Waals surface area contributed by atoms with Crippen LogP contribution in [0.4, 0.5) is 0 Å². The fraction of sp³-hybridized carbons (Fsp3) is 0.533. The molecule has 0 atom stereocenters. The van der Waals surface area contributed by atoms with Crippen molar-refractivity contribution in [1.82, 2.24) is 9.21 Å². The molecule has 1 aliphatic heterocycles. The summed E-state index contributed by atoms with van der Waals surface area (Å²) in [5, 5.41) is 9.08. The van der Waals surface area contributed by atoms with Gasteiger partial charge in [0.1, 0.15) is 6.07 Å². The van der Waals surface area contributed by atoms with Gasteiger partial charge in [0.25, 0.3) is 0 Å². The monoisotopic (exact) mass is 307 g/mol. The van der Waals surface area contributed by atoms with Gasteiger partial charge in [-0.2, -0.15) is 9.57 Å². The summed E-state index contributed by atoms with van der Waals surface area (Å²) >= 11 is 0. The van der Waals surface area contributed by atoms with Crippen molar-refractivity contribution >= 4 is 10.0 Å². The predicted octanol–water partition coefficient (Wildman–Crippen LogP) is 1.52. The first-order valence-corrected chi connectivity index (χ1v) is 8.53. The van der Waals surface area contributed by atoms with Gasteiger partial charge in [0.15, 0.2) is 0 Å². The zero-order valence-corrected chi connectivity index (χ0v) is 13.3. The molecule has 1 aliphatic rings. The Morgan fingerprint density at radius 1 is 1.29 bits per heavy atom. The third-order valence-electron chi connectivity index (χ3n) is 3.82. The highest BCUT2D eigenvalue weighted by Gasteiger charge is 2.30. The van der Waals surface area contributed by atoms with Crippen LogP contribution in [0.15, 0.2) is 29.2 Å². The zero-order valence-electron chi connectivity index (χ0n) is 12.5. The Hall–Kier alpha value is -1.42. The standard InChI is InChI=1S/C15H21N3O2S/c1-17(2)12-13-7-9-18(10-8-13)21(19,20)15-6-4-3-5-14(15)11-16/h3-6,13H,7-10,12H2,1-2H3. The minimum Gasteiger partial charge on any atom is -0.309 e. The molecule has 1 saturated heterocycles. The third-order valence-corrected chi connectivity index (χ3v) is 5.78. The van der Waals surface area contributed by atoms with Gasteiger partial charge >= 0.3 is 0 Å². The van der Waals surface area contributed by atoms with Crippen LogP contribution < -0.4 is 0 Å². The molecule has 1 aromatic carbocycles. The molecule has 5 nitrogen and oxygen atoms in total. The molecule has 0 radical (unpaired) electrons. The van der Waals surface area contributed by atoms with Crippen LogP contribution >= 0.6 is 0 Å². The molecule has 1 fully saturated rings. The van der Waals surface area contributed by atoms with Crippen molar-refractivity contribution in [3.63, 3.8) is 0 Å². The van der Waals surface area contributed by atoms with E-state index < -0.39 is 10.0 Å². The average molecular weight is 307 g/mol. The fourth-order valence-corrected chi connectivity index (χ4v) is 4.38. The lowest BCUT2D eigenvalue weighted by Gasteiger charge is -2.32. The van der Waals surface area contributed by atoms with Crippen LogP contribution in [0.5, 0.6) is 0 Å². The van der Waals surface area contributed by atoms with Crippen molar-refractivity contribution in [3.8, 4) is 6.07 Å². The SMILES string of the molecule is CN(C)CC1CCN(S(=O)(=O)c2ccccc2C#N)CC1. The van der Waals surface area contributed by atoms with Crippen molar-refractivity contribution in [2.75, 3.05) is 33.7 Å². The van der Waals surface area contributed by atoms with Gasteiger partial charge in [-0.05, 0) is 45.0 Å². The second-order valence-corrected chi connectivity index (χ2v) is 7.62. The van der Waals surface area contributed by atoms with Crippen LogP contribution in [0.25, 0.3) is 0 Å². The highest BCUT2D eigenvalue weighted by atomic mass is 32.2. The van der Waals surface area contributed by atoms with Crippen molar-refractivity contribution < 1.29 is 8.42 Å². The fourth-order valence-electron chi connectivity index (χ4n) is 2.77. The van der Waals surface area contributed by atoms with Gasteiger partial charge < -0.3 is 4.90 Å². The summed E-state index contributed by atoms with van der Waals surface area (Å²) in [5.74, 6) is 0.540. The summed E-state index contributed by atoms with van der Waals surface area (Å²) in [6.07, 6.45) is 1.73. The second kappa shape index (κ2) is 6.56. The van der Waals surface area contributed by atoms with E-state index in [4.69, 9.17) is 5.26 Å². The quantitative estimate of drug-likeness (QED) is 0.846. The lowest BCUT2D eigenvalue weighted by Crippen LogP contribution is -2.40. The van der Waals surface area contributed by atoms with E-state index in [1.165, 1.54) is 10.4 Å². The smallest absolute Gasteiger partial charge is 0.244 e. The minimum absolute atomic E-state index is 0.124. The van der Waals surface area contributed by atoms with Gasteiger partial charge in [-0.3, -0.25) is 0 Å². The Kier molecular flexibility index (Phi) is 4.99. The summed E-state index contributed by atoms with van der Waals surface area (Å²) in [5.41, 5.74) is 0.216. The largest absolute Gasteiger partial charge is 0.309 e. The van der Waals surface area contributed by atoms with Gasteiger partial charge in [-0.15, -0.1) is 0 Å². The molecule has 0 unspecified atom stereocenters. The summed E-state index contributed by atoms with van der Waals surface area (Å²) in [6, 6.07) is 8.36. The molecule has 2 rings (SSSR count). The third kappa shape index (κ3) is 3.62. The Balaban J connectivity index is 2.14. The summed E-state index contributed by atoms with van der Waals surface area (Å²) in [7, 11) is 0.509. The van der Waals surface area contributed by atoms with Crippen molar-refractivity contribution in [2.45, 2.75) is 17.7 Å². The Labute approximate surface area is 126 Å². The molecule has 1 aromatic rings. The predicted molar refractivity (Wildman–Crippen MR) is 81.2 cm³/mol. The van der Waals surface area contributed by atoms with Gasteiger partial charge in [0.05, 0.1) is 10.5 Å². The van der Waals surface area contributed by atoms with E-state index in [2.05, 4.69) is 4.90 Å². The van der Waals surface area contributed by atoms with Gasteiger partial charge in [-0.25, -0.2) is 8.42 Å². The zero-order chi connectivity index (χ0) is 15.5. The lowest BCUT2D eigenvalue weighted by atomic mass is 9.98. The first-order valence-electron chi connectivity index (χ1n) is 7.09. The Morgan fingerprint density at radius 2 is 1.90 bits per heavy atom. The second-order valence-electron chi connectivity index (χ2n) is 5.72. The number of hydrogen-bond acceptors (Lipinski definition) is 4. The molecule has 21 heavy (non-hydrogen) atoms. The number of benzene rings is 1. The number of nitriles is 1. The van der Waals surface area contributed by atoms with Crippen molar-refractivity contribution in [1.29, 1.82) is 5.26 Å². The number of rotatable bonds is 4. The summed E-state index contributed by atoms with van der Waals surface area (Å²) in [4.78, 5) is 2.26. The van der Waals surface area contributed by atoms with Gasteiger partial charge in [0.2, 0.25) is 10.0 Å². The van der Waals surface area contributed by atoms with Crippen LogP contribution in [0, 0.1) is 17.2 Å². The molecule has 0 amide bonds. The van der Waals surface area contributed by atoms with E-state index in [0.29, 0.717) is 19.0 Å². The minimum atomic E-state index is -3.56. The molecule has 0 saturated carbocycles. The van der Waals surface area contributed by atoms with Crippen LogP contribution in [-0.4, -0.2) is 51.4 Å². The molecular weight excluding hydrogens is 286 g/mol. The first-order chi connectivity index (χ1) is 9.95. The highest BCUT2D eigenvalue weighted by Crippen LogP contribution is 2.25. The molecule has 114 valence electrons. The van der Waals surface area contributed by atoms with Crippen LogP contribution in [-0.2, 0) is 10.0 Å². The molecule has 0 bridgehead atoms. The van der Waals surface area contributed by atoms with Crippen LogP contribution in [0.2, 0.25) is 0 Å². The maximum absolute atomic E-state index is 12.7. The maximum atomic E-state index is 12.7. The summed E-state index contributed by atoms with van der Waals surface area (Å²) < 4.78 is 26.8. The van der Waals surface area contributed by atoms with E-state index >= 15 is 0 Å². The molecule has 1 heterocycles. The van der Waals surface area contributed by atoms with Gasteiger partial charge in [-0.1, -0.05) is 12.1 Å². The van der Waals surface area contributed by atoms with E-state index in [0.717, 1.165) is 19.4 Å². The summed E-state index contributed by atoms with van der Waals surface area (Å²) in [6.45, 7) is 2.05. The Bertz CT molecular complexity index is 627. The normalized spacial score (nSPS) is 17.8. The van der Waals surface area contributed by atoms with E-state index in [-0.39, 0.29) is 10.5 Å². The molecular formula is C15H21N3O2S. The first kappa shape index (κ1) is 16.0. The van der Waals surface area contributed by atoms with E-state index in [9.17, 15) is 8.42 Å². The molecule has 0 spiro atoms. The van der Waals surface area contributed by atoms with Crippen molar-refractivity contribution in [3.05, 3.63) is 29.8 Å². The number of piperidine rings is 1. The molecule has 0 N–H and O–H groups in total. The van der Waals surface area contributed by atoms with Crippen molar-refractivity contribution in [2.24, 2.45) is 5.92 Å². The van der Waals surface area contributed by atoms with Gasteiger partial charge in [0, 0.05) is 19.6 Å². The molecule has 0 aliphatic carbocycles. The average Bonchev–Trinajstić information content (AvgIpc) is 2.47. The molecule has 0 aromatic heterocycles. The van der Waals surface area contributed by atoms with E-state index in [1.807, 2.05) is 20.2 Å². The number of hydrogen-bond donors (Lipinski definition) is 0. The van der Waals surface area contributed by atoms with Crippen LogP contribution in [0.3, 0.4) is 0 Å². The number of nitrogens with zero attached hydrogens (tertiary/aromatic N) is 3. The van der Waals surface area contributed by atoms with E-state index in [1.54, 1.807) is 18.2 Å². The van der Waals surface area contributed by atoms with Crippen LogP contribution in [0.1, 0.15) is 18.4 Å². The molecule has 6 heteroatoms. The topological polar surface area (TPSA) is 64.4 Å².